The van der Waals surface area contributed by atoms with Gasteiger partial charge in [-0.2, -0.15) is 0 Å². The smallest absolute Gasteiger partial charge is 0.411 e. The lowest BCUT2D eigenvalue weighted by molar-refractivity contribution is -0.00151. The average Bonchev–Trinajstić information content (AvgIpc) is 2.95. The molecule has 9 heteroatoms. The van der Waals surface area contributed by atoms with E-state index in [1.54, 1.807) is 32.4 Å². The van der Waals surface area contributed by atoms with Gasteiger partial charge in [0.05, 0.1) is 25.6 Å². The van der Waals surface area contributed by atoms with Gasteiger partial charge < -0.3 is 19.1 Å². The monoisotopic (exact) mass is 531 g/mol. The number of piperidine rings is 3. The zero-order chi connectivity index (χ0) is 27.5. The fraction of sp³-hybridized carbons (Fsp3) is 0.433. The Hall–Kier alpha value is -3.85. The molecule has 0 aliphatic carbocycles. The topological polar surface area (TPSA) is 89.1 Å². The first kappa shape index (κ1) is 26.7. The number of nitrogens with zero attached hydrogens (tertiary/aromatic N) is 4. The van der Waals surface area contributed by atoms with Crippen molar-refractivity contribution < 1.29 is 19.0 Å². The molecule has 0 saturated carbocycles. The summed E-state index contributed by atoms with van der Waals surface area (Å²) in [6.07, 6.45) is 1.61. The van der Waals surface area contributed by atoms with E-state index in [4.69, 9.17) is 24.2 Å². The number of nitrogens with one attached hydrogen (secondary N) is 1. The number of carbonyl (C=O) groups excluding carboxylic acids is 1. The van der Waals surface area contributed by atoms with Crippen molar-refractivity contribution in [3.8, 4) is 22.8 Å². The van der Waals surface area contributed by atoms with Gasteiger partial charge >= 0.3 is 6.09 Å². The van der Waals surface area contributed by atoms with Gasteiger partial charge in [0.1, 0.15) is 23.9 Å². The van der Waals surface area contributed by atoms with Gasteiger partial charge in [0.2, 0.25) is 0 Å². The molecule has 3 saturated heterocycles. The largest absolute Gasteiger partial charge is 0.497 e. The number of ether oxygens (including phenoxy) is 3. The molecular weight excluding hydrogens is 494 g/mol. The number of fused-ring (bicyclic) bond motifs is 3. The normalized spacial score (nSPS) is 21.8. The van der Waals surface area contributed by atoms with Crippen LogP contribution in [0.1, 0.15) is 30.3 Å². The molecule has 4 heterocycles. The molecule has 0 radical (unpaired) electrons. The molecule has 3 aliphatic rings. The molecular formula is C30H37N5O4. The van der Waals surface area contributed by atoms with Gasteiger partial charge in [-0.25, -0.2) is 14.8 Å². The number of methoxy groups -OCH3 is 2. The Morgan fingerprint density at radius 3 is 2.38 bits per heavy atom. The highest BCUT2D eigenvalue weighted by Crippen LogP contribution is 2.42. The maximum atomic E-state index is 12.6. The molecule has 1 N–H and O–H groups in total. The van der Waals surface area contributed by atoms with Crippen LogP contribution in [0.2, 0.25) is 0 Å². The SMILES string of the molecule is COc1cc(NC(=O)OC[C@H]2C[C@@H]3CCN2C[C@@H]3c2cc(-c3ccc(N(C)C)cc3)nc(C)n2)cc(OC)c1. The Balaban J connectivity index is 1.22. The fourth-order valence-electron chi connectivity index (χ4n) is 5.71. The second-order valence-corrected chi connectivity index (χ2v) is 10.5. The van der Waals surface area contributed by atoms with Crippen LogP contribution < -0.4 is 19.7 Å². The van der Waals surface area contributed by atoms with Crippen LogP contribution in [0.3, 0.4) is 0 Å². The molecule has 2 bridgehead atoms. The van der Waals surface area contributed by atoms with E-state index >= 15 is 0 Å². The highest BCUT2D eigenvalue weighted by molar-refractivity contribution is 5.85. The third-order valence-corrected chi connectivity index (χ3v) is 7.80. The number of aromatic nitrogens is 2. The van der Waals surface area contributed by atoms with Crippen molar-refractivity contribution in [2.45, 2.75) is 31.7 Å². The van der Waals surface area contributed by atoms with Gasteiger partial charge in [0.25, 0.3) is 0 Å². The van der Waals surface area contributed by atoms with Crippen LogP contribution in [0.25, 0.3) is 11.3 Å². The quantitative estimate of drug-likeness (QED) is 0.436. The highest BCUT2D eigenvalue weighted by atomic mass is 16.5. The van der Waals surface area contributed by atoms with Crippen molar-refractivity contribution in [3.05, 3.63) is 60.0 Å². The van der Waals surface area contributed by atoms with E-state index in [0.29, 0.717) is 35.6 Å². The number of aryl methyl sites for hydroxylation is 1. The number of anilines is 2. The van der Waals surface area contributed by atoms with Crippen LogP contribution in [-0.4, -0.2) is 75.0 Å². The lowest BCUT2D eigenvalue weighted by atomic mass is 9.74. The maximum absolute atomic E-state index is 12.6. The molecule has 2 aromatic carbocycles. The van der Waals surface area contributed by atoms with Crippen LogP contribution in [0.4, 0.5) is 16.2 Å². The van der Waals surface area contributed by atoms with Gasteiger partial charge in [-0.05, 0) is 50.4 Å². The Kier molecular flexibility index (Phi) is 7.88. The Morgan fingerprint density at radius 2 is 1.77 bits per heavy atom. The molecule has 4 atom stereocenters. The molecule has 1 aromatic heterocycles. The summed E-state index contributed by atoms with van der Waals surface area (Å²) in [6, 6.07) is 16.1. The third-order valence-electron chi connectivity index (χ3n) is 7.80. The molecule has 9 nitrogen and oxygen atoms in total. The summed E-state index contributed by atoms with van der Waals surface area (Å²) in [5, 5.41) is 2.79. The Bertz CT molecular complexity index is 1290. The predicted molar refractivity (Wildman–Crippen MR) is 152 cm³/mol. The van der Waals surface area contributed by atoms with E-state index in [9.17, 15) is 4.79 Å². The van der Waals surface area contributed by atoms with Crippen LogP contribution >= 0.6 is 0 Å². The van der Waals surface area contributed by atoms with E-state index in [-0.39, 0.29) is 6.04 Å². The number of hydrogen-bond donors (Lipinski definition) is 1. The second-order valence-electron chi connectivity index (χ2n) is 10.5. The van der Waals surface area contributed by atoms with Crippen molar-refractivity contribution in [2.75, 3.05) is 58.2 Å². The number of hydrogen-bond acceptors (Lipinski definition) is 8. The summed E-state index contributed by atoms with van der Waals surface area (Å²) in [5.41, 5.74) is 4.89. The molecule has 3 aliphatic heterocycles. The van der Waals surface area contributed by atoms with Gasteiger partial charge in [0.15, 0.2) is 0 Å². The van der Waals surface area contributed by atoms with Crippen LogP contribution in [0.15, 0.2) is 48.5 Å². The zero-order valence-electron chi connectivity index (χ0n) is 23.3. The first-order valence-corrected chi connectivity index (χ1v) is 13.4. The first-order chi connectivity index (χ1) is 18.8. The van der Waals surface area contributed by atoms with Crippen molar-refractivity contribution >= 4 is 17.5 Å². The lowest BCUT2D eigenvalue weighted by Crippen LogP contribution is -2.54. The van der Waals surface area contributed by atoms with Crippen molar-refractivity contribution in [1.29, 1.82) is 0 Å². The van der Waals surface area contributed by atoms with Crippen molar-refractivity contribution in [2.24, 2.45) is 5.92 Å². The summed E-state index contributed by atoms with van der Waals surface area (Å²) in [7, 11) is 7.22. The van der Waals surface area contributed by atoms with Gasteiger partial charge in [-0.15, -0.1) is 0 Å². The molecule has 206 valence electrons. The summed E-state index contributed by atoms with van der Waals surface area (Å²) in [4.78, 5) is 26.7. The zero-order valence-corrected chi connectivity index (χ0v) is 23.3. The fourth-order valence-corrected chi connectivity index (χ4v) is 5.71. The number of carbonyl (C=O) groups is 1. The standard InChI is InChI=1S/C30H37N5O4/c1-19-31-28(20-6-8-23(9-7-20)34(2)3)16-29(32-19)27-17-35-11-10-21(27)12-24(35)18-39-30(36)33-22-13-25(37-4)15-26(14-22)38-5/h6-9,13-16,21,24,27H,10-12,17-18H2,1-5H3,(H,33,36)/t21-,24+,27-/m0/s1. The van der Waals surface area contributed by atoms with E-state index in [1.807, 2.05) is 21.0 Å². The summed E-state index contributed by atoms with van der Waals surface area (Å²) in [6.45, 7) is 4.23. The Labute approximate surface area is 230 Å². The average molecular weight is 532 g/mol. The second kappa shape index (κ2) is 11.5. The third kappa shape index (κ3) is 6.09. The Morgan fingerprint density at radius 1 is 1.05 bits per heavy atom. The highest BCUT2D eigenvalue weighted by Gasteiger charge is 2.42. The number of rotatable bonds is 8. The van der Waals surface area contributed by atoms with Gasteiger partial charge in [-0.3, -0.25) is 10.2 Å². The van der Waals surface area contributed by atoms with E-state index in [2.05, 4.69) is 45.4 Å². The first-order valence-electron chi connectivity index (χ1n) is 13.4. The van der Waals surface area contributed by atoms with Gasteiger partial charge in [0, 0.05) is 67.7 Å². The van der Waals surface area contributed by atoms with Gasteiger partial charge in [-0.1, -0.05) is 12.1 Å². The number of benzene rings is 2. The molecule has 1 amide bonds. The molecule has 0 spiro atoms. The lowest BCUT2D eigenvalue weighted by Gasteiger charge is -2.49. The van der Waals surface area contributed by atoms with Crippen molar-refractivity contribution in [1.82, 2.24) is 14.9 Å². The molecule has 6 rings (SSSR count). The maximum Gasteiger partial charge on any atom is 0.411 e. The van der Waals surface area contributed by atoms with E-state index in [0.717, 1.165) is 54.4 Å². The van der Waals surface area contributed by atoms with Crippen molar-refractivity contribution in [3.63, 3.8) is 0 Å². The summed E-state index contributed by atoms with van der Waals surface area (Å²) in [5.74, 6) is 2.82. The minimum absolute atomic E-state index is 0.201. The van der Waals surface area contributed by atoms with E-state index in [1.165, 1.54) is 0 Å². The molecule has 3 fully saturated rings. The minimum Gasteiger partial charge on any atom is -0.497 e. The minimum atomic E-state index is -0.485. The number of amides is 1. The van der Waals surface area contributed by atoms with Crippen LogP contribution in [0.5, 0.6) is 11.5 Å². The van der Waals surface area contributed by atoms with E-state index < -0.39 is 6.09 Å². The summed E-state index contributed by atoms with van der Waals surface area (Å²) >= 11 is 0. The van der Waals surface area contributed by atoms with Crippen LogP contribution in [0, 0.1) is 12.8 Å². The predicted octanol–water partition coefficient (Wildman–Crippen LogP) is 4.96. The molecule has 39 heavy (non-hydrogen) atoms. The van der Waals surface area contributed by atoms with Crippen LogP contribution in [-0.2, 0) is 4.74 Å². The summed E-state index contributed by atoms with van der Waals surface area (Å²) < 4.78 is 16.2. The molecule has 1 unspecified atom stereocenters. The molecule has 3 aromatic rings.